The summed E-state index contributed by atoms with van der Waals surface area (Å²) in [7, 11) is 0. The number of likely N-dealkylation sites (tertiary alicyclic amines) is 1. The van der Waals surface area contributed by atoms with E-state index in [9.17, 15) is 32.7 Å². The van der Waals surface area contributed by atoms with Gasteiger partial charge in [-0.1, -0.05) is 50.8 Å². The molecule has 290 valence electrons. The summed E-state index contributed by atoms with van der Waals surface area (Å²) in [5.74, 6) is -0.251. The van der Waals surface area contributed by atoms with Gasteiger partial charge in [-0.05, 0) is 106 Å². The number of carboxylic acid groups (broad SMARTS) is 1. The van der Waals surface area contributed by atoms with Crippen molar-refractivity contribution in [1.82, 2.24) is 14.8 Å². The van der Waals surface area contributed by atoms with E-state index < -0.39 is 70.8 Å². The third kappa shape index (κ3) is 8.89. The van der Waals surface area contributed by atoms with Crippen molar-refractivity contribution in [3.63, 3.8) is 0 Å². The molecule has 0 spiro atoms. The van der Waals surface area contributed by atoms with Gasteiger partial charge in [-0.15, -0.1) is 5.92 Å². The predicted molar refractivity (Wildman–Crippen MR) is 197 cm³/mol. The smallest absolute Gasteiger partial charge is 0.416 e. The number of alkyl halides is 3. The zero-order chi connectivity index (χ0) is 39.5. The summed E-state index contributed by atoms with van der Waals surface area (Å²) in [4.78, 5) is 42.4. The van der Waals surface area contributed by atoms with E-state index in [0.29, 0.717) is 54.7 Å². The molecule has 2 fully saturated rings. The highest BCUT2D eigenvalue weighted by Crippen LogP contribution is 2.41. The molecule has 12 heteroatoms. The lowest BCUT2D eigenvalue weighted by Gasteiger charge is -2.37. The van der Waals surface area contributed by atoms with E-state index in [1.807, 2.05) is 0 Å². The Balaban J connectivity index is 1.58. The molecular weight excluding hydrogens is 705 g/mol. The van der Waals surface area contributed by atoms with Crippen molar-refractivity contribution in [2.24, 2.45) is 5.92 Å². The van der Waals surface area contributed by atoms with E-state index in [0.717, 1.165) is 36.4 Å². The van der Waals surface area contributed by atoms with Crippen molar-refractivity contribution >= 4 is 11.9 Å². The number of aromatic nitrogens is 1. The van der Waals surface area contributed by atoms with Gasteiger partial charge in [0, 0.05) is 29.4 Å². The third-order valence-electron chi connectivity index (χ3n) is 10.8. The zero-order valence-corrected chi connectivity index (χ0v) is 31.4. The van der Waals surface area contributed by atoms with Crippen LogP contribution in [-0.2, 0) is 15.8 Å². The first-order valence-electron chi connectivity index (χ1n) is 18.6. The highest BCUT2D eigenvalue weighted by molar-refractivity contribution is 5.82. The average molecular weight is 754 g/mol. The van der Waals surface area contributed by atoms with E-state index in [1.54, 1.807) is 45.9 Å². The van der Waals surface area contributed by atoms with Gasteiger partial charge in [-0.3, -0.25) is 14.4 Å². The first kappa shape index (κ1) is 40.7. The molecule has 54 heavy (non-hydrogen) atoms. The van der Waals surface area contributed by atoms with Crippen LogP contribution in [0.5, 0.6) is 0 Å². The lowest BCUT2D eigenvalue weighted by molar-refractivity contribution is -0.139. The van der Waals surface area contributed by atoms with E-state index >= 15 is 8.78 Å². The van der Waals surface area contributed by atoms with Gasteiger partial charge < -0.3 is 19.9 Å². The Morgan fingerprint density at radius 2 is 1.63 bits per heavy atom. The zero-order valence-electron chi connectivity index (χ0n) is 31.4. The Kier molecular flexibility index (Phi) is 12.7. The fourth-order valence-corrected chi connectivity index (χ4v) is 8.30. The average Bonchev–Trinajstić information content (AvgIpc) is 3.64. The Morgan fingerprint density at radius 1 is 1.00 bits per heavy atom. The largest absolute Gasteiger partial charge is 0.481 e. The van der Waals surface area contributed by atoms with Crippen molar-refractivity contribution in [3.05, 3.63) is 91.9 Å². The van der Waals surface area contributed by atoms with Crippen LogP contribution in [0.3, 0.4) is 0 Å². The molecule has 5 rings (SSSR count). The SMILES string of the molecule is CC#Cc1cc(-c2c(C)cccc2C)c(F)c([C@@H](CC(=O)O)NC(=O)[C@H](CC(C)C)n2cc(C3CCN(C4CCCC4)CC3)c(C(F)(F)F)cc2=O)c1F. The summed E-state index contributed by atoms with van der Waals surface area (Å²) in [5.41, 5.74) is -1.39. The number of pyridine rings is 1. The predicted octanol–water partition coefficient (Wildman–Crippen LogP) is 8.84. The minimum absolute atomic E-state index is 0.0313. The van der Waals surface area contributed by atoms with Gasteiger partial charge in [0.25, 0.3) is 5.56 Å². The number of nitrogens with one attached hydrogen (secondary N) is 1. The van der Waals surface area contributed by atoms with Crippen LogP contribution in [0.1, 0.15) is 124 Å². The van der Waals surface area contributed by atoms with Crippen LogP contribution in [0.2, 0.25) is 0 Å². The van der Waals surface area contributed by atoms with Gasteiger partial charge in [-0.25, -0.2) is 8.78 Å². The number of benzene rings is 2. The number of nitrogens with zero attached hydrogens (tertiary/aromatic N) is 2. The normalized spacial score (nSPS) is 16.9. The standard InChI is InChI=1S/C42H48F5N3O4/c1-6-10-28-20-30(37-25(4)11-9-12-26(37)5)40(44)38(39(28)43)33(22-36(52)53)48-41(54)34(19-24(2)3)50-23-31(32(21-35(50)51)42(45,46)47)27-15-17-49(18-16-27)29-13-7-8-14-29/h9,11-12,20-21,23-24,27,29,33-34H,7-8,13-19,22H2,1-5H3,(H,48,54)(H,52,53)/t33-,34+/m1/s1. The van der Waals surface area contributed by atoms with Crippen LogP contribution >= 0.6 is 0 Å². The number of carbonyl (C=O) groups is 2. The van der Waals surface area contributed by atoms with Gasteiger partial charge in [0.1, 0.15) is 17.7 Å². The highest BCUT2D eigenvalue weighted by Gasteiger charge is 2.39. The number of halogens is 5. The number of rotatable bonds is 11. The molecule has 1 saturated carbocycles. The number of hydrogen-bond donors (Lipinski definition) is 2. The molecule has 2 N–H and O–H groups in total. The van der Waals surface area contributed by atoms with Crippen molar-refractivity contribution in [1.29, 1.82) is 0 Å². The number of hydrogen-bond acceptors (Lipinski definition) is 4. The van der Waals surface area contributed by atoms with Crippen molar-refractivity contribution < 1.29 is 36.6 Å². The number of aryl methyl sites for hydroxylation is 2. The van der Waals surface area contributed by atoms with Gasteiger partial charge >= 0.3 is 12.1 Å². The summed E-state index contributed by atoms with van der Waals surface area (Å²) in [6.45, 7) is 9.70. The van der Waals surface area contributed by atoms with E-state index in [4.69, 9.17) is 0 Å². The summed E-state index contributed by atoms with van der Waals surface area (Å²) in [5, 5.41) is 12.4. The van der Waals surface area contributed by atoms with Crippen molar-refractivity contribution in [2.75, 3.05) is 13.1 Å². The molecule has 1 aromatic heterocycles. The van der Waals surface area contributed by atoms with Gasteiger partial charge in [0.2, 0.25) is 5.91 Å². The molecule has 2 heterocycles. The third-order valence-corrected chi connectivity index (χ3v) is 10.8. The first-order valence-corrected chi connectivity index (χ1v) is 18.6. The minimum atomic E-state index is -4.83. The Bertz CT molecular complexity index is 1980. The number of aliphatic carboxylic acids is 1. The van der Waals surface area contributed by atoms with E-state index in [1.165, 1.54) is 13.0 Å². The molecule has 0 unspecified atom stereocenters. The molecule has 7 nitrogen and oxygen atoms in total. The molecule has 1 aliphatic heterocycles. The van der Waals surface area contributed by atoms with Crippen LogP contribution in [0.15, 0.2) is 41.3 Å². The molecule has 0 radical (unpaired) electrons. The van der Waals surface area contributed by atoms with Crippen LogP contribution in [-0.4, -0.2) is 45.6 Å². The summed E-state index contributed by atoms with van der Waals surface area (Å²) in [6, 6.07) is 4.28. The number of piperidine rings is 1. The van der Waals surface area contributed by atoms with E-state index in [2.05, 4.69) is 22.1 Å². The molecular formula is C42H48F5N3O4. The fraction of sp³-hybridized carbons (Fsp3) is 0.500. The lowest BCUT2D eigenvalue weighted by atomic mass is 9.86. The summed E-state index contributed by atoms with van der Waals surface area (Å²) < 4.78 is 77.4. The summed E-state index contributed by atoms with van der Waals surface area (Å²) in [6.07, 6.45) is 0.605. The second-order valence-corrected chi connectivity index (χ2v) is 15.1. The number of amides is 1. The molecule has 3 aromatic rings. The monoisotopic (exact) mass is 753 g/mol. The molecule has 0 bridgehead atoms. The summed E-state index contributed by atoms with van der Waals surface area (Å²) >= 11 is 0. The van der Waals surface area contributed by atoms with Crippen molar-refractivity contribution in [3.8, 4) is 23.0 Å². The molecule has 2 aromatic carbocycles. The molecule has 2 aliphatic rings. The Hall–Kier alpha value is -4.50. The highest BCUT2D eigenvalue weighted by atomic mass is 19.4. The molecule has 1 saturated heterocycles. The second-order valence-electron chi connectivity index (χ2n) is 15.1. The van der Waals surface area contributed by atoms with Crippen LogP contribution in [0.25, 0.3) is 11.1 Å². The maximum Gasteiger partial charge on any atom is 0.416 e. The fourth-order valence-electron chi connectivity index (χ4n) is 8.30. The van der Waals surface area contributed by atoms with Gasteiger partial charge in [0.05, 0.1) is 23.6 Å². The van der Waals surface area contributed by atoms with Gasteiger partial charge in [-0.2, -0.15) is 13.2 Å². The topological polar surface area (TPSA) is 91.6 Å². The van der Waals surface area contributed by atoms with Crippen molar-refractivity contribution in [2.45, 2.75) is 116 Å². The van der Waals surface area contributed by atoms with Crippen LogP contribution < -0.4 is 10.9 Å². The Morgan fingerprint density at radius 3 is 2.19 bits per heavy atom. The van der Waals surface area contributed by atoms with Gasteiger partial charge in [0.15, 0.2) is 0 Å². The molecule has 1 aliphatic carbocycles. The Labute approximate surface area is 313 Å². The number of carbonyl (C=O) groups excluding carboxylic acids is 1. The quantitative estimate of drug-likeness (QED) is 0.151. The maximum atomic E-state index is 16.7. The number of carboxylic acids is 1. The van der Waals surface area contributed by atoms with E-state index in [-0.39, 0.29) is 29.0 Å². The second kappa shape index (κ2) is 16.9. The maximum absolute atomic E-state index is 16.7. The molecule has 2 atom stereocenters. The minimum Gasteiger partial charge on any atom is -0.481 e. The first-order chi connectivity index (χ1) is 25.5. The van der Waals surface area contributed by atoms with Crippen LogP contribution in [0, 0.1) is 43.2 Å². The lowest BCUT2D eigenvalue weighted by Crippen LogP contribution is -2.42. The van der Waals surface area contributed by atoms with Crippen LogP contribution in [0.4, 0.5) is 22.0 Å². The molecule has 1 amide bonds.